The van der Waals surface area contributed by atoms with E-state index in [4.69, 9.17) is 26.2 Å². The number of carbonyl (C=O) groups is 1. The Morgan fingerprint density at radius 3 is 3.07 bits per heavy atom. The molecule has 2 heterocycles. The SMILES string of the molecule is COc1ccc(Cl)cc1C(=O)NCCc1nn(CC2CC2)c2c1COCC2. The van der Waals surface area contributed by atoms with Crippen molar-refractivity contribution in [1.82, 2.24) is 15.1 Å². The Morgan fingerprint density at radius 1 is 1.44 bits per heavy atom. The fraction of sp³-hybridized carbons (Fsp3) is 0.500. The number of ether oxygens (including phenoxy) is 2. The van der Waals surface area contributed by atoms with Gasteiger partial charge in [-0.05, 0) is 37.0 Å². The average molecular weight is 390 g/mol. The summed E-state index contributed by atoms with van der Waals surface area (Å²) in [6.45, 7) is 2.88. The molecule has 0 unspecified atom stereocenters. The van der Waals surface area contributed by atoms with Crippen LogP contribution in [0.1, 0.15) is 40.2 Å². The molecule has 1 saturated carbocycles. The van der Waals surface area contributed by atoms with Gasteiger partial charge >= 0.3 is 0 Å². The number of fused-ring (bicyclic) bond motifs is 1. The number of benzene rings is 1. The van der Waals surface area contributed by atoms with Crippen molar-refractivity contribution in [2.45, 2.75) is 38.8 Å². The zero-order valence-electron chi connectivity index (χ0n) is 15.5. The summed E-state index contributed by atoms with van der Waals surface area (Å²) in [7, 11) is 1.54. The molecule has 0 bridgehead atoms. The molecule has 1 aliphatic carbocycles. The van der Waals surface area contributed by atoms with E-state index in [-0.39, 0.29) is 5.91 Å². The van der Waals surface area contributed by atoms with Crippen LogP contribution in [0.15, 0.2) is 18.2 Å². The fourth-order valence-corrected chi connectivity index (χ4v) is 3.69. The lowest BCUT2D eigenvalue weighted by Crippen LogP contribution is -2.26. The van der Waals surface area contributed by atoms with Crippen LogP contribution in [0, 0.1) is 5.92 Å². The molecule has 1 fully saturated rings. The third-order valence-electron chi connectivity index (χ3n) is 5.16. The molecule has 144 valence electrons. The van der Waals surface area contributed by atoms with Gasteiger partial charge in [0.1, 0.15) is 5.75 Å². The summed E-state index contributed by atoms with van der Waals surface area (Å²) in [5.74, 6) is 1.09. The van der Waals surface area contributed by atoms with Crippen molar-refractivity contribution in [1.29, 1.82) is 0 Å². The lowest BCUT2D eigenvalue weighted by Gasteiger charge is -2.15. The summed E-state index contributed by atoms with van der Waals surface area (Å²) in [6.07, 6.45) is 4.20. The van der Waals surface area contributed by atoms with Crippen molar-refractivity contribution in [2.24, 2.45) is 5.92 Å². The maximum absolute atomic E-state index is 12.5. The number of methoxy groups -OCH3 is 1. The zero-order chi connectivity index (χ0) is 18.8. The maximum Gasteiger partial charge on any atom is 0.255 e. The zero-order valence-corrected chi connectivity index (χ0v) is 16.2. The summed E-state index contributed by atoms with van der Waals surface area (Å²) >= 11 is 6.01. The molecule has 4 rings (SSSR count). The van der Waals surface area contributed by atoms with Gasteiger partial charge in [-0.1, -0.05) is 11.6 Å². The second kappa shape index (κ2) is 7.90. The average Bonchev–Trinajstić information content (AvgIpc) is 3.43. The van der Waals surface area contributed by atoms with E-state index in [9.17, 15) is 4.79 Å². The first-order valence-corrected chi connectivity index (χ1v) is 9.80. The minimum Gasteiger partial charge on any atom is -0.496 e. The molecule has 2 aromatic rings. The summed E-state index contributed by atoms with van der Waals surface area (Å²) in [5, 5.41) is 8.29. The first-order chi connectivity index (χ1) is 13.2. The van der Waals surface area contributed by atoms with Crippen molar-refractivity contribution in [3.05, 3.63) is 45.7 Å². The van der Waals surface area contributed by atoms with Gasteiger partial charge in [-0.15, -0.1) is 0 Å². The van der Waals surface area contributed by atoms with E-state index < -0.39 is 0 Å². The molecule has 1 N–H and O–H groups in total. The topological polar surface area (TPSA) is 65.4 Å². The summed E-state index contributed by atoms with van der Waals surface area (Å²) < 4.78 is 13.1. The van der Waals surface area contributed by atoms with E-state index in [1.54, 1.807) is 25.3 Å². The van der Waals surface area contributed by atoms with Crippen molar-refractivity contribution >= 4 is 17.5 Å². The van der Waals surface area contributed by atoms with E-state index in [1.165, 1.54) is 24.1 Å². The van der Waals surface area contributed by atoms with E-state index in [1.807, 2.05) is 0 Å². The van der Waals surface area contributed by atoms with Crippen molar-refractivity contribution < 1.29 is 14.3 Å². The van der Waals surface area contributed by atoms with Crippen LogP contribution in [0.2, 0.25) is 5.02 Å². The smallest absolute Gasteiger partial charge is 0.255 e. The highest BCUT2D eigenvalue weighted by Gasteiger charge is 2.27. The Kier molecular flexibility index (Phi) is 5.36. The van der Waals surface area contributed by atoms with Gasteiger partial charge in [0.25, 0.3) is 5.91 Å². The number of amides is 1. The Balaban J connectivity index is 1.42. The number of hydrogen-bond acceptors (Lipinski definition) is 4. The molecule has 2 aliphatic rings. The highest BCUT2D eigenvalue weighted by molar-refractivity contribution is 6.31. The van der Waals surface area contributed by atoms with Gasteiger partial charge in [0.15, 0.2) is 0 Å². The Morgan fingerprint density at radius 2 is 2.30 bits per heavy atom. The summed E-state index contributed by atoms with van der Waals surface area (Å²) in [5.41, 5.74) is 3.99. The van der Waals surface area contributed by atoms with E-state index in [2.05, 4.69) is 10.00 Å². The molecule has 1 amide bonds. The lowest BCUT2D eigenvalue weighted by molar-refractivity contribution is 0.0951. The number of aromatic nitrogens is 2. The Labute approximate surface area is 163 Å². The van der Waals surface area contributed by atoms with Crippen LogP contribution in [0.3, 0.4) is 0 Å². The van der Waals surface area contributed by atoms with Crippen LogP contribution in [0.5, 0.6) is 5.75 Å². The van der Waals surface area contributed by atoms with Gasteiger partial charge in [-0.25, -0.2) is 0 Å². The predicted molar refractivity (Wildman–Crippen MR) is 102 cm³/mol. The first kappa shape index (κ1) is 18.3. The highest BCUT2D eigenvalue weighted by atomic mass is 35.5. The van der Waals surface area contributed by atoms with Crippen LogP contribution in [0.4, 0.5) is 0 Å². The van der Waals surface area contributed by atoms with Crippen molar-refractivity contribution in [2.75, 3.05) is 20.3 Å². The Hall–Kier alpha value is -2.05. The first-order valence-electron chi connectivity index (χ1n) is 9.42. The molecule has 1 aromatic carbocycles. The number of rotatable bonds is 7. The monoisotopic (exact) mass is 389 g/mol. The minimum absolute atomic E-state index is 0.197. The van der Waals surface area contributed by atoms with Gasteiger partial charge in [0.05, 0.1) is 31.6 Å². The summed E-state index contributed by atoms with van der Waals surface area (Å²) in [6, 6.07) is 5.02. The van der Waals surface area contributed by atoms with Crippen molar-refractivity contribution in [3.8, 4) is 5.75 Å². The van der Waals surface area contributed by atoms with Crippen LogP contribution in [0.25, 0.3) is 0 Å². The van der Waals surface area contributed by atoms with E-state index >= 15 is 0 Å². The molecule has 0 saturated heterocycles. The third kappa shape index (κ3) is 4.12. The molecule has 0 radical (unpaired) electrons. The largest absolute Gasteiger partial charge is 0.496 e. The number of halogens is 1. The minimum atomic E-state index is -0.197. The fourth-order valence-electron chi connectivity index (χ4n) is 3.52. The molecule has 0 spiro atoms. The predicted octanol–water partition coefficient (Wildman–Crippen LogP) is 3.00. The lowest BCUT2D eigenvalue weighted by atomic mass is 10.1. The molecule has 6 nitrogen and oxygen atoms in total. The number of carbonyl (C=O) groups excluding carboxylic acids is 1. The normalized spacial score (nSPS) is 16.1. The third-order valence-corrected chi connectivity index (χ3v) is 5.40. The molecule has 1 aliphatic heterocycles. The number of nitrogens with one attached hydrogen (secondary N) is 1. The number of hydrogen-bond donors (Lipinski definition) is 1. The standard InChI is InChI=1S/C20H24ClN3O3/c1-26-19-5-4-14(21)10-15(19)20(25)22-8-6-17-16-12-27-9-7-18(16)24(23-17)11-13-2-3-13/h4-5,10,13H,2-3,6-9,11-12H2,1H3,(H,22,25). The van der Waals surface area contributed by atoms with Gasteiger partial charge < -0.3 is 14.8 Å². The maximum atomic E-state index is 12.5. The van der Waals surface area contributed by atoms with Gasteiger partial charge in [0.2, 0.25) is 0 Å². The molecule has 1 aromatic heterocycles. The van der Waals surface area contributed by atoms with Crippen molar-refractivity contribution in [3.63, 3.8) is 0 Å². The Bertz CT molecular complexity index is 845. The van der Waals surface area contributed by atoms with Crippen LogP contribution < -0.4 is 10.1 Å². The highest BCUT2D eigenvalue weighted by Crippen LogP contribution is 2.32. The van der Waals surface area contributed by atoms with Gasteiger partial charge in [-0.2, -0.15) is 5.10 Å². The van der Waals surface area contributed by atoms with Gasteiger partial charge in [0, 0.05) is 42.2 Å². The van der Waals surface area contributed by atoms with E-state index in [0.29, 0.717) is 35.9 Å². The van der Waals surface area contributed by atoms with Gasteiger partial charge in [-0.3, -0.25) is 9.48 Å². The quantitative estimate of drug-likeness (QED) is 0.790. The number of nitrogens with zero attached hydrogens (tertiary/aromatic N) is 2. The second-order valence-corrected chi connectivity index (χ2v) is 7.59. The van der Waals surface area contributed by atoms with Crippen LogP contribution >= 0.6 is 11.6 Å². The molecule has 27 heavy (non-hydrogen) atoms. The molecular formula is C20H24ClN3O3. The molecular weight excluding hydrogens is 366 g/mol. The van der Waals surface area contributed by atoms with Crippen LogP contribution in [-0.2, 0) is 30.7 Å². The summed E-state index contributed by atoms with van der Waals surface area (Å²) in [4.78, 5) is 12.5. The van der Waals surface area contributed by atoms with Crippen LogP contribution in [-0.4, -0.2) is 35.9 Å². The molecule has 7 heteroatoms. The van der Waals surface area contributed by atoms with E-state index in [0.717, 1.165) is 31.2 Å². The second-order valence-electron chi connectivity index (χ2n) is 7.15. The molecule has 0 atom stereocenters.